The van der Waals surface area contributed by atoms with Crippen LogP contribution in [0.5, 0.6) is 0 Å². The number of alkyl halides is 1. The lowest BCUT2D eigenvalue weighted by Crippen LogP contribution is -2.37. The molecule has 1 aromatic rings. The van der Waals surface area contributed by atoms with Crippen LogP contribution in [0.2, 0.25) is 0 Å². The summed E-state index contributed by atoms with van der Waals surface area (Å²) in [6.07, 6.45) is 0.968. The van der Waals surface area contributed by atoms with Crippen molar-refractivity contribution in [3.05, 3.63) is 29.8 Å². The summed E-state index contributed by atoms with van der Waals surface area (Å²) in [6.45, 7) is 1.85. The fourth-order valence-corrected chi connectivity index (χ4v) is 2.61. The van der Waals surface area contributed by atoms with Gasteiger partial charge in [0, 0.05) is 12.8 Å². The fraction of sp³-hybridized carbons (Fsp3) is 0.455. The molecule has 0 bridgehead atoms. The summed E-state index contributed by atoms with van der Waals surface area (Å²) in [6, 6.07) is 6.16. The Morgan fingerprint density at radius 3 is 2.25 bits per heavy atom. The second-order valence-electron chi connectivity index (χ2n) is 4.09. The maximum Gasteiger partial charge on any atom is 0.299 e. The fourth-order valence-electron chi connectivity index (χ4n) is 1.49. The predicted molar refractivity (Wildman–Crippen MR) is 57.1 cm³/mol. The highest BCUT2D eigenvalue weighted by atomic mass is 32.2. The smallest absolute Gasteiger partial charge is 0.227 e. The topological polar surface area (TPSA) is 43.4 Å². The molecule has 0 spiro atoms. The number of hydrogen-bond acceptors (Lipinski definition) is 3. The molecule has 3 nitrogen and oxygen atoms in total. The lowest BCUT2D eigenvalue weighted by Gasteiger charge is -2.32. The molecule has 88 valence electrons. The van der Waals surface area contributed by atoms with Crippen LogP contribution in [0.1, 0.15) is 24.8 Å². The van der Waals surface area contributed by atoms with Crippen molar-refractivity contribution in [2.75, 3.05) is 0 Å². The van der Waals surface area contributed by atoms with Crippen LogP contribution in [-0.4, -0.2) is 14.3 Å². The Bertz CT molecular complexity index is 474. The number of halogens is 1. The van der Waals surface area contributed by atoms with Gasteiger partial charge in [0.1, 0.15) is 0 Å². The van der Waals surface area contributed by atoms with Crippen LogP contribution >= 0.6 is 0 Å². The Morgan fingerprint density at radius 2 is 1.81 bits per heavy atom. The minimum atomic E-state index is -3.97. The highest BCUT2D eigenvalue weighted by Crippen LogP contribution is 2.39. The Labute approximate surface area is 94.4 Å². The van der Waals surface area contributed by atoms with E-state index < -0.39 is 16.0 Å². The number of rotatable bonds is 3. The molecule has 1 aliphatic carbocycles. The molecular formula is C11H13FO3S. The van der Waals surface area contributed by atoms with Gasteiger partial charge < -0.3 is 0 Å². The molecule has 1 aliphatic rings. The third-order valence-corrected chi connectivity index (χ3v) is 4.04. The van der Waals surface area contributed by atoms with Gasteiger partial charge in [0.25, 0.3) is 10.1 Å². The van der Waals surface area contributed by atoms with E-state index in [-0.39, 0.29) is 17.7 Å². The summed E-state index contributed by atoms with van der Waals surface area (Å²) in [5.41, 5.74) is 0.942. The molecule has 16 heavy (non-hydrogen) atoms. The Balaban J connectivity index is 2.22. The van der Waals surface area contributed by atoms with Crippen molar-refractivity contribution in [2.24, 2.45) is 0 Å². The molecular weight excluding hydrogens is 231 g/mol. The zero-order valence-corrected chi connectivity index (χ0v) is 9.76. The van der Waals surface area contributed by atoms with Crippen molar-refractivity contribution in [1.82, 2.24) is 0 Å². The van der Waals surface area contributed by atoms with Crippen LogP contribution in [-0.2, 0) is 14.3 Å². The standard InChI is InChI=1S/C11H13FO3S/c1-9-3-5-10(6-4-9)16(13,14)15-11(12)7-2-8-11/h3-6H,2,7-8H2,1H3. The monoisotopic (exact) mass is 244 g/mol. The van der Waals surface area contributed by atoms with E-state index in [0.717, 1.165) is 5.56 Å². The van der Waals surface area contributed by atoms with Crippen LogP contribution in [0, 0.1) is 6.92 Å². The molecule has 0 amide bonds. The van der Waals surface area contributed by atoms with Gasteiger partial charge in [0.05, 0.1) is 4.90 Å². The lowest BCUT2D eigenvalue weighted by molar-refractivity contribution is -0.119. The minimum Gasteiger partial charge on any atom is -0.227 e. The van der Waals surface area contributed by atoms with Crippen LogP contribution in [0.3, 0.4) is 0 Å². The molecule has 0 aliphatic heterocycles. The Kier molecular flexibility index (Phi) is 2.75. The molecule has 0 unspecified atom stereocenters. The molecule has 0 aromatic heterocycles. The highest BCUT2D eigenvalue weighted by molar-refractivity contribution is 7.86. The second-order valence-corrected chi connectivity index (χ2v) is 5.63. The lowest BCUT2D eigenvalue weighted by atomic mass is 9.94. The second kappa shape index (κ2) is 3.82. The van der Waals surface area contributed by atoms with Gasteiger partial charge in [-0.15, -0.1) is 0 Å². The van der Waals surface area contributed by atoms with Gasteiger partial charge in [-0.2, -0.15) is 8.42 Å². The Morgan fingerprint density at radius 1 is 1.25 bits per heavy atom. The third-order valence-electron chi connectivity index (χ3n) is 2.67. The molecule has 0 radical (unpaired) electrons. The Hall–Kier alpha value is -0.940. The van der Waals surface area contributed by atoms with Crippen molar-refractivity contribution < 1.29 is 17.0 Å². The average Bonchev–Trinajstić information content (AvgIpc) is 2.15. The summed E-state index contributed by atoms with van der Waals surface area (Å²) in [4.78, 5) is 0.00188. The highest BCUT2D eigenvalue weighted by Gasteiger charge is 2.43. The largest absolute Gasteiger partial charge is 0.299 e. The first-order valence-corrected chi connectivity index (χ1v) is 6.53. The first-order valence-electron chi connectivity index (χ1n) is 5.13. The van der Waals surface area contributed by atoms with Crippen molar-refractivity contribution in [3.63, 3.8) is 0 Å². The number of hydrogen-bond donors (Lipinski definition) is 0. The molecule has 1 fully saturated rings. The molecule has 0 N–H and O–H groups in total. The first-order chi connectivity index (χ1) is 7.41. The third kappa shape index (κ3) is 2.25. The van der Waals surface area contributed by atoms with Gasteiger partial charge in [0.2, 0.25) is 5.85 Å². The first kappa shape index (κ1) is 11.5. The van der Waals surface area contributed by atoms with Gasteiger partial charge in [-0.3, -0.25) is 0 Å². The van der Waals surface area contributed by atoms with E-state index in [2.05, 4.69) is 4.18 Å². The van der Waals surface area contributed by atoms with Crippen LogP contribution in [0.25, 0.3) is 0 Å². The zero-order valence-electron chi connectivity index (χ0n) is 8.94. The normalized spacial score (nSPS) is 19.1. The maximum atomic E-state index is 13.6. The number of benzene rings is 1. The average molecular weight is 244 g/mol. The number of aryl methyl sites for hydroxylation is 1. The summed E-state index contributed by atoms with van der Waals surface area (Å²) >= 11 is 0. The molecule has 2 rings (SSSR count). The van der Waals surface area contributed by atoms with Gasteiger partial charge in [-0.1, -0.05) is 17.7 Å². The van der Waals surface area contributed by atoms with Crippen LogP contribution < -0.4 is 0 Å². The summed E-state index contributed by atoms with van der Waals surface area (Å²) < 4.78 is 41.5. The predicted octanol–water partition coefficient (Wildman–Crippen LogP) is 2.55. The van der Waals surface area contributed by atoms with Crippen molar-refractivity contribution in [2.45, 2.75) is 36.9 Å². The summed E-state index contributed by atoms with van der Waals surface area (Å²) in [7, 11) is -3.97. The SMILES string of the molecule is Cc1ccc(S(=O)(=O)OC2(F)CCC2)cc1. The van der Waals surface area contributed by atoms with Gasteiger partial charge >= 0.3 is 0 Å². The van der Waals surface area contributed by atoms with Crippen molar-refractivity contribution >= 4 is 10.1 Å². The van der Waals surface area contributed by atoms with Crippen LogP contribution in [0.15, 0.2) is 29.2 Å². The van der Waals surface area contributed by atoms with E-state index in [0.29, 0.717) is 6.42 Å². The molecule has 0 atom stereocenters. The quantitative estimate of drug-likeness (QED) is 0.767. The van der Waals surface area contributed by atoms with Gasteiger partial charge in [-0.05, 0) is 25.5 Å². The van der Waals surface area contributed by atoms with E-state index in [1.807, 2.05) is 6.92 Å². The molecule has 0 saturated heterocycles. The van der Waals surface area contributed by atoms with Crippen LogP contribution in [0.4, 0.5) is 4.39 Å². The van der Waals surface area contributed by atoms with E-state index >= 15 is 0 Å². The minimum absolute atomic E-state index is 0.00188. The maximum absolute atomic E-state index is 13.6. The summed E-state index contributed by atoms with van der Waals surface area (Å²) in [5, 5.41) is 0. The van der Waals surface area contributed by atoms with Crippen molar-refractivity contribution in [1.29, 1.82) is 0 Å². The zero-order chi connectivity index (χ0) is 11.8. The molecule has 1 saturated carbocycles. The van der Waals surface area contributed by atoms with Gasteiger partial charge in [-0.25, -0.2) is 8.57 Å². The van der Waals surface area contributed by atoms with Gasteiger partial charge in [0.15, 0.2) is 0 Å². The van der Waals surface area contributed by atoms with E-state index in [9.17, 15) is 12.8 Å². The molecule has 5 heteroatoms. The molecule has 1 aromatic carbocycles. The van der Waals surface area contributed by atoms with E-state index in [1.54, 1.807) is 12.1 Å². The van der Waals surface area contributed by atoms with E-state index in [1.165, 1.54) is 12.1 Å². The van der Waals surface area contributed by atoms with Crippen molar-refractivity contribution in [3.8, 4) is 0 Å². The molecule has 0 heterocycles. The summed E-state index contributed by atoms with van der Waals surface area (Å²) in [5.74, 6) is -1.98. The van der Waals surface area contributed by atoms with E-state index in [4.69, 9.17) is 0 Å².